The van der Waals surface area contributed by atoms with Gasteiger partial charge in [-0.2, -0.15) is 0 Å². The van der Waals surface area contributed by atoms with Crippen molar-refractivity contribution in [3.8, 4) is 0 Å². The molecule has 0 aliphatic carbocycles. The van der Waals surface area contributed by atoms with Crippen LogP contribution in [0.3, 0.4) is 0 Å². The summed E-state index contributed by atoms with van der Waals surface area (Å²) in [5.74, 6) is 4.30. The van der Waals surface area contributed by atoms with Gasteiger partial charge in [-0.25, -0.2) is 0 Å². The molecule has 0 radical (unpaired) electrons. The molecule has 10 nitrogen and oxygen atoms in total. The van der Waals surface area contributed by atoms with Crippen LogP contribution in [0, 0.1) is 11.3 Å². The Kier molecular flexibility index (Phi) is 12.2. The van der Waals surface area contributed by atoms with Gasteiger partial charge >= 0.3 is 0 Å². The van der Waals surface area contributed by atoms with E-state index < -0.39 is 29.0 Å². The Morgan fingerprint density at radius 2 is 1.51 bits per heavy atom. The average Bonchev–Trinajstić information content (AvgIpc) is 2.94. The van der Waals surface area contributed by atoms with Crippen molar-refractivity contribution in [2.24, 2.45) is 27.5 Å². The molecule has 0 unspecified atom stereocenters. The van der Waals surface area contributed by atoms with Crippen LogP contribution in [-0.4, -0.2) is 54.8 Å². The second kappa shape index (κ2) is 14.9. The number of anilines is 1. The van der Waals surface area contributed by atoms with E-state index in [0.717, 1.165) is 5.56 Å². The normalized spacial score (nSPS) is 14.7. The molecular weight excluding hydrogens is 542 g/mol. The minimum absolute atomic E-state index is 0.00370. The highest BCUT2D eigenvalue weighted by atomic mass is 16.2. The Labute approximate surface area is 256 Å². The number of hydrogen-bond acceptors (Lipinski definition) is 6. The predicted octanol–water partition coefficient (Wildman–Crippen LogP) is 5.11. The maximum atomic E-state index is 14.1. The van der Waals surface area contributed by atoms with Crippen LogP contribution < -0.4 is 21.8 Å². The number of nitrogens with one attached hydrogen (secondary N) is 3. The molecule has 0 aliphatic rings. The summed E-state index contributed by atoms with van der Waals surface area (Å²) in [7, 11) is 3.47. The van der Waals surface area contributed by atoms with Gasteiger partial charge in [0.2, 0.25) is 11.8 Å². The fourth-order valence-corrected chi connectivity index (χ4v) is 5.07. The third kappa shape index (κ3) is 9.22. The van der Waals surface area contributed by atoms with Crippen molar-refractivity contribution in [2.45, 2.75) is 78.9 Å². The lowest BCUT2D eigenvalue weighted by Crippen LogP contribution is -2.61. The Morgan fingerprint density at radius 1 is 0.930 bits per heavy atom. The standard InChI is InChI=1S/C33H49N7O3/c1-21(2)26(20-22(3)29(41)36-24-16-18-25(19-17-24)38-39-34)40(10)31(43)28(32(4,5)6)37-30(42)27(35-9)33(7,8)23-14-12-11-13-15-23/h11-21,26-28,35H,1-10H3,(H2,34,38)(H,36,41)(H,37,42)/b22-20+/t26-,27-,28-/m1/s1. The molecule has 0 bridgehead atoms. The lowest BCUT2D eigenvalue weighted by molar-refractivity contribution is -0.140. The van der Waals surface area contributed by atoms with Crippen LogP contribution >= 0.6 is 0 Å². The number of carbonyl (C=O) groups is 3. The van der Waals surface area contributed by atoms with Gasteiger partial charge in [0.25, 0.3) is 5.91 Å². The van der Waals surface area contributed by atoms with Gasteiger partial charge in [0.1, 0.15) is 6.04 Å². The van der Waals surface area contributed by atoms with E-state index in [1.165, 1.54) is 0 Å². The molecule has 0 spiro atoms. The molecular formula is C33H49N7O3. The average molecular weight is 592 g/mol. The van der Waals surface area contributed by atoms with E-state index in [0.29, 0.717) is 16.9 Å². The van der Waals surface area contributed by atoms with E-state index in [9.17, 15) is 14.4 Å². The van der Waals surface area contributed by atoms with Crippen molar-refractivity contribution in [3.63, 3.8) is 0 Å². The zero-order valence-corrected chi connectivity index (χ0v) is 27.2. The van der Waals surface area contributed by atoms with Crippen molar-refractivity contribution >= 4 is 29.1 Å². The number of likely N-dealkylation sites (N-methyl/N-ethyl adjacent to an activating group) is 2. The largest absolute Gasteiger partial charge is 0.342 e. The maximum absolute atomic E-state index is 14.1. The first-order valence-corrected chi connectivity index (χ1v) is 14.5. The highest BCUT2D eigenvalue weighted by Crippen LogP contribution is 2.29. The van der Waals surface area contributed by atoms with E-state index in [-0.39, 0.29) is 23.6 Å². The fourth-order valence-electron chi connectivity index (χ4n) is 5.07. The molecule has 234 valence electrons. The lowest BCUT2D eigenvalue weighted by atomic mass is 9.76. The van der Waals surface area contributed by atoms with Crippen molar-refractivity contribution in [3.05, 3.63) is 71.8 Å². The number of benzene rings is 2. The molecule has 0 aromatic heterocycles. The molecule has 0 saturated heterocycles. The van der Waals surface area contributed by atoms with Crippen LogP contribution in [0.2, 0.25) is 0 Å². The number of nitrogens with two attached hydrogens (primary N) is 1. The summed E-state index contributed by atoms with van der Waals surface area (Å²) in [5.41, 5.74) is 1.50. The van der Waals surface area contributed by atoms with E-state index in [2.05, 4.69) is 26.3 Å². The van der Waals surface area contributed by atoms with Crippen LogP contribution in [-0.2, 0) is 19.8 Å². The molecule has 2 aromatic carbocycles. The van der Waals surface area contributed by atoms with Crippen molar-refractivity contribution in [2.75, 3.05) is 19.4 Å². The highest BCUT2D eigenvalue weighted by Gasteiger charge is 2.41. The van der Waals surface area contributed by atoms with Gasteiger partial charge in [0, 0.05) is 23.7 Å². The first kappa shape index (κ1) is 35.1. The molecule has 2 rings (SSSR count). The van der Waals surface area contributed by atoms with Gasteiger partial charge in [0.15, 0.2) is 0 Å². The number of nitrogens with zero attached hydrogens (tertiary/aromatic N) is 3. The molecule has 43 heavy (non-hydrogen) atoms. The van der Waals surface area contributed by atoms with Crippen LogP contribution in [0.4, 0.5) is 11.4 Å². The number of rotatable bonds is 12. The van der Waals surface area contributed by atoms with Crippen LogP contribution in [0.1, 0.15) is 61.0 Å². The van der Waals surface area contributed by atoms with E-state index in [1.54, 1.807) is 56.3 Å². The molecule has 10 heteroatoms. The Morgan fingerprint density at radius 3 is 2.00 bits per heavy atom. The molecule has 0 heterocycles. The van der Waals surface area contributed by atoms with Gasteiger partial charge in [0.05, 0.1) is 17.8 Å². The summed E-state index contributed by atoms with van der Waals surface area (Å²) in [6.45, 7) is 15.5. The predicted molar refractivity (Wildman–Crippen MR) is 173 cm³/mol. The minimum atomic E-state index is -0.805. The summed E-state index contributed by atoms with van der Waals surface area (Å²) in [4.78, 5) is 42.5. The van der Waals surface area contributed by atoms with Gasteiger partial charge in [-0.05, 0) is 55.1 Å². The third-order valence-electron chi connectivity index (χ3n) is 7.75. The summed E-state index contributed by atoms with van der Waals surface area (Å²) in [5, 5.41) is 16.1. The monoisotopic (exact) mass is 591 g/mol. The Bertz CT molecular complexity index is 1300. The first-order chi connectivity index (χ1) is 20.0. The maximum Gasteiger partial charge on any atom is 0.251 e. The quantitative estimate of drug-likeness (QED) is 0.118. The Balaban J connectivity index is 2.29. The highest BCUT2D eigenvalue weighted by molar-refractivity contribution is 6.03. The molecule has 2 aromatic rings. The summed E-state index contributed by atoms with van der Waals surface area (Å²) < 4.78 is 0. The SMILES string of the molecule is CN[C@H](C(=O)N[C@H](C(=O)N(C)[C@H](/C=C(\C)C(=O)Nc1ccc(N=NN)cc1)C(C)C)C(C)(C)C)C(C)(C)c1ccccc1. The van der Waals surface area contributed by atoms with Crippen molar-refractivity contribution < 1.29 is 14.4 Å². The van der Waals surface area contributed by atoms with Crippen LogP contribution in [0.25, 0.3) is 0 Å². The third-order valence-corrected chi connectivity index (χ3v) is 7.75. The first-order valence-electron chi connectivity index (χ1n) is 14.5. The lowest BCUT2D eigenvalue weighted by Gasteiger charge is -2.40. The van der Waals surface area contributed by atoms with Gasteiger partial charge in [-0.1, -0.05) is 90.1 Å². The van der Waals surface area contributed by atoms with Gasteiger partial charge < -0.3 is 26.7 Å². The molecule has 3 atom stereocenters. The van der Waals surface area contributed by atoms with E-state index in [4.69, 9.17) is 5.84 Å². The van der Waals surface area contributed by atoms with Crippen molar-refractivity contribution in [1.29, 1.82) is 0 Å². The summed E-state index contributed by atoms with van der Waals surface area (Å²) in [6, 6.07) is 14.8. The molecule has 0 aliphatic heterocycles. The Hall–Kier alpha value is -4.05. The molecule has 0 fully saturated rings. The smallest absolute Gasteiger partial charge is 0.251 e. The van der Waals surface area contributed by atoms with Crippen molar-refractivity contribution in [1.82, 2.24) is 15.5 Å². The molecule has 5 N–H and O–H groups in total. The molecule has 0 saturated carbocycles. The number of carbonyl (C=O) groups excluding carboxylic acids is 3. The topological polar surface area (TPSA) is 141 Å². The zero-order valence-electron chi connectivity index (χ0n) is 27.2. The zero-order chi connectivity index (χ0) is 32.5. The minimum Gasteiger partial charge on any atom is -0.342 e. The molecule has 3 amide bonds. The van der Waals surface area contributed by atoms with Crippen LogP contribution in [0.15, 0.2) is 76.6 Å². The number of amides is 3. The number of hydrogen-bond donors (Lipinski definition) is 4. The van der Waals surface area contributed by atoms with Gasteiger partial charge in [-0.3, -0.25) is 14.4 Å². The van der Waals surface area contributed by atoms with Gasteiger partial charge in [-0.15, -0.1) is 5.11 Å². The second-order valence-corrected chi connectivity index (χ2v) is 12.9. The van der Waals surface area contributed by atoms with E-state index in [1.807, 2.05) is 78.8 Å². The summed E-state index contributed by atoms with van der Waals surface area (Å²) in [6.07, 6.45) is 1.80. The van der Waals surface area contributed by atoms with E-state index >= 15 is 0 Å². The fraction of sp³-hybridized carbons (Fsp3) is 0.485. The van der Waals surface area contributed by atoms with Crippen LogP contribution in [0.5, 0.6) is 0 Å². The summed E-state index contributed by atoms with van der Waals surface area (Å²) >= 11 is 0. The second-order valence-electron chi connectivity index (χ2n) is 12.9.